The number of aryl methyl sites for hydroxylation is 1. The maximum absolute atomic E-state index is 9.00. The van der Waals surface area contributed by atoms with E-state index in [-0.39, 0.29) is 0 Å². The van der Waals surface area contributed by atoms with Crippen molar-refractivity contribution in [2.75, 3.05) is 18.0 Å². The van der Waals surface area contributed by atoms with Crippen LogP contribution in [0.25, 0.3) is 0 Å². The molecule has 0 N–H and O–H groups in total. The smallest absolute Gasteiger partial charge is 0.0994 e. The van der Waals surface area contributed by atoms with Crippen LogP contribution in [0.4, 0.5) is 5.69 Å². The second-order valence-electron chi connectivity index (χ2n) is 5.90. The number of benzene rings is 1. The zero-order valence-electron chi connectivity index (χ0n) is 11.0. The molecule has 18 heavy (non-hydrogen) atoms. The highest BCUT2D eigenvalue weighted by molar-refractivity contribution is 5.53. The first-order chi connectivity index (χ1) is 8.76. The van der Waals surface area contributed by atoms with Gasteiger partial charge in [-0.15, -0.1) is 0 Å². The number of hydrogen-bond donors (Lipinski definition) is 0. The molecule has 0 aromatic heterocycles. The molecule has 0 aliphatic heterocycles. The molecule has 94 valence electrons. The summed E-state index contributed by atoms with van der Waals surface area (Å²) >= 11 is 0. The van der Waals surface area contributed by atoms with E-state index in [0.717, 1.165) is 23.0 Å². The highest BCUT2D eigenvalue weighted by Crippen LogP contribution is 2.36. The molecule has 2 saturated carbocycles. The molecule has 0 heterocycles. The fourth-order valence-corrected chi connectivity index (χ4v) is 2.48. The molecule has 0 spiro atoms. The molecule has 2 nitrogen and oxygen atoms in total. The summed E-state index contributed by atoms with van der Waals surface area (Å²) in [5.74, 6) is 1.83. The van der Waals surface area contributed by atoms with Gasteiger partial charge in [0.15, 0.2) is 0 Å². The minimum Gasteiger partial charge on any atom is -0.371 e. The van der Waals surface area contributed by atoms with Crippen molar-refractivity contribution < 1.29 is 0 Å². The van der Waals surface area contributed by atoms with Crippen molar-refractivity contribution in [1.29, 1.82) is 5.26 Å². The van der Waals surface area contributed by atoms with E-state index in [1.807, 2.05) is 13.0 Å². The molecule has 0 amide bonds. The van der Waals surface area contributed by atoms with Gasteiger partial charge in [-0.3, -0.25) is 0 Å². The minimum absolute atomic E-state index is 0.802. The van der Waals surface area contributed by atoms with Crippen molar-refractivity contribution >= 4 is 5.69 Å². The van der Waals surface area contributed by atoms with Crippen LogP contribution in [-0.2, 0) is 0 Å². The first-order valence-electron chi connectivity index (χ1n) is 7.02. The van der Waals surface area contributed by atoms with E-state index >= 15 is 0 Å². The van der Waals surface area contributed by atoms with Crippen molar-refractivity contribution in [2.24, 2.45) is 11.8 Å². The molecule has 1 aromatic rings. The SMILES string of the molecule is Cc1cc(N(CC2CC2)CC2CC2)ccc1C#N. The molecule has 2 aliphatic carbocycles. The quantitative estimate of drug-likeness (QED) is 0.787. The van der Waals surface area contributed by atoms with Gasteiger partial charge in [-0.25, -0.2) is 0 Å². The fourth-order valence-electron chi connectivity index (χ4n) is 2.48. The van der Waals surface area contributed by atoms with Gasteiger partial charge in [0.25, 0.3) is 0 Å². The van der Waals surface area contributed by atoms with Crippen LogP contribution >= 0.6 is 0 Å². The standard InChI is InChI=1S/C16H20N2/c1-12-8-16(7-6-15(12)9-17)18(10-13-2-3-13)11-14-4-5-14/h6-8,13-14H,2-5,10-11H2,1H3. The van der Waals surface area contributed by atoms with Gasteiger partial charge in [0.05, 0.1) is 11.6 Å². The average Bonchev–Trinajstić information content (AvgIpc) is 3.23. The summed E-state index contributed by atoms with van der Waals surface area (Å²) < 4.78 is 0. The molecule has 2 aliphatic rings. The molecule has 1 aromatic carbocycles. The Morgan fingerprint density at radius 2 is 1.78 bits per heavy atom. The Morgan fingerprint density at radius 1 is 1.17 bits per heavy atom. The van der Waals surface area contributed by atoms with Gasteiger partial charge in [0.2, 0.25) is 0 Å². The van der Waals surface area contributed by atoms with E-state index in [0.29, 0.717) is 0 Å². The van der Waals surface area contributed by atoms with E-state index in [1.54, 1.807) is 0 Å². The third-order valence-electron chi connectivity index (χ3n) is 4.05. The summed E-state index contributed by atoms with van der Waals surface area (Å²) in [4.78, 5) is 2.55. The molecule has 0 saturated heterocycles. The summed E-state index contributed by atoms with van der Waals surface area (Å²) in [7, 11) is 0. The molecule has 3 rings (SSSR count). The van der Waals surface area contributed by atoms with Gasteiger partial charge in [0.1, 0.15) is 0 Å². The Bertz CT molecular complexity index is 464. The van der Waals surface area contributed by atoms with E-state index < -0.39 is 0 Å². The molecule has 0 unspecified atom stereocenters. The summed E-state index contributed by atoms with van der Waals surface area (Å²) in [6.07, 6.45) is 5.60. The summed E-state index contributed by atoms with van der Waals surface area (Å²) in [6.45, 7) is 4.46. The normalized spacial score (nSPS) is 18.4. The van der Waals surface area contributed by atoms with Crippen LogP contribution in [0.15, 0.2) is 18.2 Å². The van der Waals surface area contributed by atoms with Crippen LogP contribution in [-0.4, -0.2) is 13.1 Å². The summed E-state index contributed by atoms with van der Waals surface area (Å²) in [5, 5.41) is 9.00. The molecular formula is C16H20N2. The third-order valence-corrected chi connectivity index (χ3v) is 4.05. The summed E-state index contributed by atoms with van der Waals surface area (Å²) in [5.41, 5.74) is 3.22. The molecule has 2 fully saturated rings. The van der Waals surface area contributed by atoms with Gasteiger partial charge in [-0.2, -0.15) is 5.26 Å². The van der Waals surface area contributed by atoms with Gasteiger partial charge in [-0.1, -0.05) is 0 Å². The lowest BCUT2D eigenvalue weighted by molar-refractivity contribution is 0.679. The second kappa shape index (κ2) is 4.65. The van der Waals surface area contributed by atoms with Crippen molar-refractivity contribution in [2.45, 2.75) is 32.6 Å². The molecular weight excluding hydrogens is 220 g/mol. The zero-order chi connectivity index (χ0) is 12.5. The molecule has 2 heteroatoms. The van der Waals surface area contributed by atoms with E-state index in [1.165, 1.54) is 44.5 Å². The van der Waals surface area contributed by atoms with Gasteiger partial charge in [-0.05, 0) is 68.2 Å². The maximum atomic E-state index is 9.00. The Balaban J connectivity index is 1.78. The third kappa shape index (κ3) is 2.67. The Hall–Kier alpha value is -1.49. The van der Waals surface area contributed by atoms with Gasteiger partial charge >= 0.3 is 0 Å². The van der Waals surface area contributed by atoms with Crippen molar-refractivity contribution in [3.8, 4) is 6.07 Å². The van der Waals surface area contributed by atoms with E-state index in [9.17, 15) is 0 Å². The van der Waals surface area contributed by atoms with Crippen LogP contribution in [0.2, 0.25) is 0 Å². The van der Waals surface area contributed by atoms with Crippen LogP contribution in [0.3, 0.4) is 0 Å². The topological polar surface area (TPSA) is 27.0 Å². The van der Waals surface area contributed by atoms with Gasteiger partial charge < -0.3 is 4.90 Å². The zero-order valence-corrected chi connectivity index (χ0v) is 11.0. The Labute approximate surface area is 109 Å². The number of rotatable bonds is 5. The van der Waals surface area contributed by atoms with Crippen molar-refractivity contribution in [3.63, 3.8) is 0 Å². The van der Waals surface area contributed by atoms with Crippen molar-refractivity contribution in [1.82, 2.24) is 0 Å². The van der Waals surface area contributed by atoms with E-state index in [4.69, 9.17) is 5.26 Å². The lowest BCUT2D eigenvalue weighted by Gasteiger charge is -2.25. The number of anilines is 1. The highest BCUT2D eigenvalue weighted by Gasteiger charge is 2.29. The van der Waals surface area contributed by atoms with Gasteiger partial charge in [0, 0.05) is 18.8 Å². The van der Waals surface area contributed by atoms with Crippen LogP contribution in [0.5, 0.6) is 0 Å². The largest absolute Gasteiger partial charge is 0.371 e. The molecule has 0 atom stereocenters. The first-order valence-corrected chi connectivity index (χ1v) is 7.02. The van der Waals surface area contributed by atoms with Crippen LogP contribution in [0.1, 0.15) is 36.8 Å². The number of hydrogen-bond acceptors (Lipinski definition) is 2. The average molecular weight is 240 g/mol. The second-order valence-corrected chi connectivity index (χ2v) is 5.90. The predicted molar refractivity (Wildman–Crippen MR) is 73.6 cm³/mol. The lowest BCUT2D eigenvalue weighted by Crippen LogP contribution is -2.28. The monoisotopic (exact) mass is 240 g/mol. The fraction of sp³-hybridized carbons (Fsp3) is 0.562. The first kappa shape index (κ1) is 11.6. The summed E-state index contributed by atoms with van der Waals surface area (Å²) in [6, 6.07) is 8.52. The maximum Gasteiger partial charge on any atom is 0.0994 e. The van der Waals surface area contributed by atoms with Crippen molar-refractivity contribution in [3.05, 3.63) is 29.3 Å². The highest BCUT2D eigenvalue weighted by atomic mass is 15.1. The Morgan fingerprint density at radius 3 is 2.22 bits per heavy atom. The lowest BCUT2D eigenvalue weighted by atomic mass is 10.1. The minimum atomic E-state index is 0.802. The number of nitriles is 1. The predicted octanol–water partition coefficient (Wildman–Crippen LogP) is 3.49. The Kier molecular flexibility index (Phi) is 2.99. The van der Waals surface area contributed by atoms with E-state index in [2.05, 4.69) is 23.1 Å². The number of nitrogens with zero attached hydrogens (tertiary/aromatic N) is 2. The molecule has 0 bridgehead atoms. The molecule has 0 radical (unpaired) electrons. The van der Waals surface area contributed by atoms with Crippen LogP contribution in [0, 0.1) is 30.1 Å². The van der Waals surface area contributed by atoms with Crippen LogP contribution < -0.4 is 4.90 Å².